The SMILES string of the molecule is Cc1ccc(C)c(NC(=O)CN(C)C(=O)COC(=O)CN2CCSC2=O)c1. The Bertz CT molecular complexity index is 753. The van der Waals surface area contributed by atoms with E-state index in [4.69, 9.17) is 4.74 Å². The van der Waals surface area contributed by atoms with Crippen molar-refractivity contribution in [3.05, 3.63) is 29.3 Å². The number of rotatable bonds is 7. The van der Waals surface area contributed by atoms with E-state index in [2.05, 4.69) is 5.32 Å². The van der Waals surface area contributed by atoms with Gasteiger partial charge in [-0.2, -0.15) is 0 Å². The lowest BCUT2D eigenvalue weighted by Crippen LogP contribution is -2.38. The number of carbonyl (C=O) groups excluding carboxylic acids is 4. The third kappa shape index (κ3) is 6.28. The van der Waals surface area contributed by atoms with E-state index in [9.17, 15) is 19.2 Å². The van der Waals surface area contributed by atoms with Crippen LogP contribution in [0.5, 0.6) is 0 Å². The van der Waals surface area contributed by atoms with Crippen LogP contribution >= 0.6 is 11.8 Å². The Balaban J connectivity index is 1.75. The molecule has 0 aliphatic carbocycles. The van der Waals surface area contributed by atoms with Crippen molar-refractivity contribution in [3.63, 3.8) is 0 Å². The number of likely N-dealkylation sites (N-methyl/N-ethyl adjacent to an activating group) is 1. The van der Waals surface area contributed by atoms with Gasteiger partial charge < -0.3 is 19.9 Å². The number of hydrogen-bond acceptors (Lipinski definition) is 6. The Labute approximate surface area is 162 Å². The molecule has 1 aliphatic heterocycles. The lowest BCUT2D eigenvalue weighted by atomic mass is 10.1. The fourth-order valence-electron chi connectivity index (χ4n) is 2.39. The molecule has 9 heteroatoms. The van der Waals surface area contributed by atoms with Crippen molar-refractivity contribution in [3.8, 4) is 0 Å². The van der Waals surface area contributed by atoms with E-state index >= 15 is 0 Å². The number of carbonyl (C=O) groups is 4. The molecule has 1 N–H and O–H groups in total. The summed E-state index contributed by atoms with van der Waals surface area (Å²) >= 11 is 1.15. The van der Waals surface area contributed by atoms with Crippen LogP contribution < -0.4 is 5.32 Å². The predicted octanol–water partition coefficient (Wildman–Crippen LogP) is 1.41. The van der Waals surface area contributed by atoms with Crippen LogP contribution in [0.25, 0.3) is 0 Å². The van der Waals surface area contributed by atoms with Gasteiger partial charge in [-0.1, -0.05) is 23.9 Å². The Hall–Kier alpha value is -2.55. The van der Waals surface area contributed by atoms with Crippen molar-refractivity contribution < 1.29 is 23.9 Å². The monoisotopic (exact) mass is 393 g/mol. The van der Waals surface area contributed by atoms with E-state index in [0.29, 0.717) is 18.0 Å². The van der Waals surface area contributed by atoms with E-state index < -0.39 is 18.5 Å². The Kier molecular flexibility index (Phi) is 7.23. The summed E-state index contributed by atoms with van der Waals surface area (Å²) in [6.45, 7) is 3.49. The van der Waals surface area contributed by atoms with Crippen LogP contribution in [0.4, 0.5) is 10.5 Å². The second-order valence-corrected chi connectivity index (χ2v) is 7.36. The van der Waals surface area contributed by atoms with E-state index in [1.165, 1.54) is 16.8 Å². The van der Waals surface area contributed by atoms with Crippen LogP contribution in [0.15, 0.2) is 18.2 Å². The molecular weight excluding hydrogens is 370 g/mol. The Morgan fingerprint density at radius 3 is 2.70 bits per heavy atom. The summed E-state index contributed by atoms with van der Waals surface area (Å²) in [6, 6.07) is 5.71. The number of anilines is 1. The molecule has 0 bridgehead atoms. The van der Waals surface area contributed by atoms with Crippen molar-refractivity contribution in [2.75, 3.05) is 44.4 Å². The van der Waals surface area contributed by atoms with E-state index in [0.717, 1.165) is 22.9 Å². The lowest BCUT2D eigenvalue weighted by Gasteiger charge is -2.18. The van der Waals surface area contributed by atoms with E-state index in [1.807, 2.05) is 32.0 Å². The molecule has 1 fully saturated rings. The maximum atomic E-state index is 12.1. The van der Waals surface area contributed by atoms with Gasteiger partial charge in [-0.05, 0) is 31.0 Å². The van der Waals surface area contributed by atoms with Gasteiger partial charge in [0.2, 0.25) is 5.91 Å². The van der Waals surface area contributed by atoms with Crippen LogP contribution in [0, 0.1) is 13.8 Å². The van der Waals surface area contributed by atoms with Crippen LogP contribution in [0.2, 0.25) is 0 Å². The van der Waals surface area contributed by atoms with Gasteiger partial charge in [0.05, 0.1) is 6.54 Å². The summed E-state index contributed by atoms with van der Waals surface area (Å²) in [5.74, 6) is -0.844. The molecule has 3 amide bonds. The van der Waals surface area contributed by atoms with Crippen molar-refractivity contribution in [1.82, 2.24) is 9.80 Å². The lowest BCUT2D eigenvalue weighted by molar-refractivity contribution is -0.152. The molecule has 146 valence electrons. The number of esters is 1. The van der Waals surface area contributed by atoms with Crippen LogP contribution in [0.1, 0.15) is 11.1 Å². The number of benzene rings is 1. The summed E-state index contributed by atoms with van der Waals surface area (Å²) < 4.78 is 4.90. The van der Waals surface area contributed by atoms with Crippen LogP contribution in [0.3, 0.4) is 0 Å². The van der Waals surface area contributed by atoms with Gasteiger partial charge in [0, 0.05) is 25.0 Å². The second-order valence-electron chi connectivity index (χ2n) is 6.31. The number of amides is 3. The van der Waals surface area contributed by atoms with Gasteiger partial charge in [-0.15, -0.1) is 0 Å². The molecule has 0 atom stereocenters. The number of ether oxygens (including phenoxy) is 1. The first-order valence-electron chi connectivity index (χ1n) is 8.44. The molecule has 0 aromatic heterocycles. The largest absolute Gasteiger partial charge is 0.454 e. The summed E-state index contributed by atoms with van der Waals surface area (Å²) in [5, 5.41) is 2.60. The van der Waals surface area contributed by atoms with Gasteiger partial charge in [0.25, 0.3) is 11.1 Å². The third-order valence-electron chi connectivity index (χ3n) is 4.00. The van der Waals surface area contributed by atoms with Crippen molar-refractivity contribution in [2.24, 2.45) is 0 Å². The summed E-state index contributed by atoms with van der Waals surface area (Å²) in [5.41, 5.74) is 2.63. The minimum atomic E-state index is -0.646. The molecule has 0 radical (unpaired) electrons. The standard InChI is InChI=1S/C18H23N3O5S/c1-12-4-5-13(2)14(8-12)19-15(22)9-20(3)16(23)11-26-17(24)10-21-6-7-27-18(21)25/h4-5,8H,6-7,9-11H2,1-3H3,(H,19,22). The predicted molar refractivity (Wildman–Crippen MR) is 103 cm³/mol. The highest BCUT2D eigenvalue weighted by molar-refractivity contribution is 8.13. The quantitative estimate of drug-likeness (QED) is 0.704. The molecule has 2 rings (SSSR count). The molecule has 1 heterocycles. The molecule has 0 saturated carbocycles. The molecule has 8 nitrogen and oxygen atoms in total. The Morgan fingerprint density at radius 2 is 2.04 bits per heavy atom. The first-order valence-corrected chi connectivity index (χ1v) is 9.43. The van der Waals surface area contributed by atoms with Crippen molar-refractivity contribution in [2.45, 2.75) is 13.8 Å². The Morgan fingerprint density at radius 1 is 1.30 bits per heavy atom. The fraction of sp³-hybridized carbons (Fsp3) is 0.444. The maximum absolute atomic E-state index is 12.1. The van der Waals surface area contributed by atoms with Gasteiger partial charge in [-0.3, -0.25) is 19.2 Å². The normalized spacial score (nSPS) is 13.4. The highest BCUT2D eigenvalue weighted by Gasteiger charge is 2.24. The zero-order valence-electron chi connectivity index (χ0n) is 15.6. The second kappa shape index (κ2) is 9.40. The first-order chi connectivity index (χ1) is 12.8. The highest BCUT2D eigenvalue weighted by Crippen LogP contribution is 2.17. The highest BCUT2D eigenvalue weighted by atomic mass is 32.2. The number of thioether (sulfide) groups is 1. The molecule has 1 aliphatic rings. The number of hydrogen-bond donors (Lipinski definition) is 1. The minimum absolute atomic E-state index is 0.162. The number of nitrogens with one attached hydrogen (secondary N) is 1. The van der Waals surface area contributed by atoms with Crippen molar-refractivity contribution >= 4 is 40.5 Å². The topological polar surface area (TPSA) is 96.0 Å². The average Bonchev–Trinajstić information content (AvgIpc) is 3.00. The van der Waals surface area contributed by atoms with Gasteiger partial charge in [0.1, 0.15) is 6.54 Å². The molecule has 27 heavy (non-hydrogen) atoms. The van der Waals surface area contributed by atoms with Gasteiger partial charge >= 0.3 is 5.97 Å². The zero-order chi connectivity index (χ0) is 20.0. The van der Waals surface area contributed by atoms with Gasteiger partial charge in [-0.25, -0.2) is 0 Å². The average molecular weight is 393 g/mol. The molecule has 0 unspecified atom stereocenters. The number of nitrogens with zero attached hydrogens (tertiary/aromatic N) is 2. The van der Waals surface area contributed by atoms with E-state index in [1.54, 1.807) is 0 Å². The molecule has 0 spiro atoms. The summed E-state index contributed by atoms with van der Waals surface area (Å²) in [6.07, 6.45) is 0. The number of aryl methyl sites for hydroxylation is 2. The maximum Gasteiger partial charge on any atom is 0.326 e. The van der Waals surface area contributed by atoms with Crippen LogP contribution in [-0.4, -0.2) is 71.9 Å². The van der Waals surface area contributed by atoms with E-state index in [-0.39, 0.29) is 24.2 Å². The molecular formula is C18H23N3O5S. The molecule has 1 aromatic rings. The minimum Gasteiger partial charge on any atom is -0.454 e. The van der Waals surface area contributed by atoms with Crippen LogP contribution in [-0.2, 0) is 19.1 Å². The summed E-state index contributed by atoms with van der Waals surface area (Å²) in [7, 11) is 1.46. The third-order valence-corrected chi connectivity index (χ3v) is 4.89. The van der Waals surface area contributed by atoms with Gasteiger partial charge in [0.15, 0.2) is 6.61 Å². The fourth-order valence-corrected chi connectivity index (χ4v) is 3.21. The molecule has 1 aromatic carbocycles. The first kappa shape index (κ1) is 20.8. The van der Waals surface area contributed by atoms with Crippen molar-refractivity contribution in [1.29, 1.82) is 0 Å². The molecule has 1 saturated heterocycles. The zero-order valence-corrected chi connectivity index (χ0v) is 16.4. The summed E-state index contributed by atoms with van der Waals surface area (Å²) in [4.78, 5) is 49.9. The smallest absolute Gasteiger partial charge is 0.326 e.